The van der Waals surface area contributed by atoms with Crippen LogP contribution in [-0.2, 0) is 17.6 Å². The monoisotopic (exact) mass is 387 g/mol. The predicted octanol–water partition coefficient (Wildman–Crippen LogP) is 1.63. The van der Waals surface area contributed by atoms with Crippen LogP contribution in [0.5, 0.6) is 5.75 Å². The Bertz CT molecular complexity index is 820. The molecule has 2 heterocycles. The Hall–Kier alpha value is -3.10. The van der Waals surface area contributed by atoms with Gasteiger partial charge in [0.2, 0.25) is 11.8 Å². The molecule has 1 aromatic heterocycles. The lowest BCUT2D eigenvalue weighted by molar-refractivity contribution is -0.124. The molecule has 1 fully saturated rings. The van der Waals surface area contributed by atoms with E-state index in [0.29, 0.717) is 44.2 Å². The molecule has 0 bridgehead atoms. The molecule has 1 saturated heterocycles. The smallest absolute Gasteiger partial charge is 0.318 e. The van der Waals surface area contributed by atoms with Crippen molar-refractivity contribution in [3.05, 3.63) is 36.0 Å². The third-order valence-corrected chi connectivity index (χ3v) is 4.74. The van der Waals surface area contributed by atoms with Gasteiger partial charge in [-0.25, -0.2) is 4.79 Å². The Kier molecular flexibility index (Phi) is 6.13. The number of anilines is 1. The van der Waals surface area contributed by atoms with Gasteiger partial charge in [0.25, 0.3) is 0 Å². The average Bonchev–Trinajstić information content (AvgIpc) is 3.18. The number of amides is 3. The summed E-state index contributed by atoms with van der Waals surface area (Å²) in [7, 11) is 1.60. The van der Waals surface area contributed by atoms with Gasteiger partial charge in [0.1, 0.15) is 11.8 Å². The number of nitrogens with zero attached hydrogens (tertiary/aromatic N) is 4. The zero-order chi connectivity index (χ0) is 20.1. The van der Waals surface area contributed by atoms with Gasteiger partial charge in [-0.2, -0.15) is 4.98 Å². The predicted molar refractivity (Wildman–Crippen MR) is 102 cm³/mol. The fourth-order valence-corrected chi connectivity index (χ4v) is 3.08. The minimum Gasteiger partial charge on any atom is -0.497 e. The van der Waals surface area contributed by atoms with E-state index in [0.717, 1.165) is 11.4 Å². The maximum absolute atomic E-state index is 12.8. The van der Waals surface area contributed by atoms with E-state index in [1.807, 2.05) is 31.2 Å². The Morgan fingerprint density at radius 1 is 1.32 bits per heavy atom. The highest BCUT2D eigenvalue weighted by molar-refractivity contribution is 6.00. The number of ether oxygens (including phenoxy) is 1. The van der Waals surface area contributed by atoms with E-state index in [2.05, 4.69) is 15.5 Å². The summed E-state index contributed by atoms with van der Waals surface area (Å²) in [5.41, 5.74) is 0.793. The Labute approximate surface area is 163 Å². The number of aryl methyl sites for hydroxylation is 1. The number of hydrogen-bond acceptors (Lipinski definition) is 6. The van der Waals surface area contributed by atoms with Gasteiger partial charge in [-0.15, -0.1) is 0 Å². The van der Waals surface area contributed by atoms with Gasteiger partial charge in [0.15, 0.2) is 5.82 Å². The van der Waals surface area contributed by atoms with Gasteiger partial charge < -0.3 is 24.4 Å². The fourth-order valence-electron chi connectivity index (χ4n) is 3.08. The molecular weight excluding hydrogens is 362 g/mol. The molecular formula is C19H25N5O4. The zero-order valence-corrected chi connectivity index (χ0v) is 16.3. The number of urea groups is 1. The summed E-state index contributed by atoms with van der Waals surface area (Å²) < 4.78 is 10.2. The normalized spacial score (nSPS) is 17.0. The van der Waals surface area contributed by atoms with E-state index in [9.17, 15) is 9.59 Å². The first-order valence-electron chi connectivity index (χ1n) is 9.34. The van der Waals surface area contributed by atoms with Crippen molar-refractivity contribution in [3.8, 4) is 5.75 Å². The summed E-state index contributed by atoms with van der Waals surface area (Å²) in [6.45, 7) is 4.94. The molecule has 150 valence electrons. The van der Waals surface area contributed by atoms with Crippen LogP contribution in [0.1, 0.15) is 25.6 Å². The van der Waals surface area contributed by atoms with Gasteiger partial charge in [0, 0.05) is 38.2 Å². The van der Waals surface area contributed by atoms with Crippen LogP contribution >= 0.6 is 0 Å². The van der Waals surface area contributed by atoms with Crippen LogP contribution in [0.4, 0.5) is 10.5 Å². The molecule has 3 rings (SSSR count). The Morgan fingerprint density at radius 3 is 2.71 bits per heavy atom. The minimum atomic E-state index is -0.548. The molecule has 1 aromatic carbocycles. The van der Waals surface area contributed by atoms with Crippen molar-refractivity contribution >= 4 is 17.6 Å². The number of methoxy groups -OCH3 is 1. The number of carbonyl (C=O) groups excluding carboxylic acids is 2. The Balaban J connectivity index is 1.54. The molecule has 3 amide bonds. The third-order valence-electron chi connectivity index (χ3n) is 4.74. The number of benzene rings is 1. The van der Waals surface area contributed by atoms with Crippen LogP contribution in [0.3, 0.4) is 0 Å². The molecule has 0 saturated carbocycles. The van der Waals surface area contributed by atoms with Crippen molar-refractivity contribution in [1.82, 2.24) is 20.4 Å². The molecule has 9 heteroatoms. The van der Waals surface area contributed by atoms with Crippen LogP contribution in [0, 0.1) is 0 Å². The number of carbonyl (C=O) groups is 2. The van der Waals surface area contributed by atoms with Crippen molar-refractivity contribution in [2.75, 3.05) is 31.6 Å². The molecule has 28 heavy (non-hydrogen) atoms. The highest BCUT2D eigenvalue weighted by atomic mass is 16.5. The first-order chi connectivity index (χ1) is 13.5. The SMILES string of the molecule is CCc1nc(CCNC(=O)N2CCN(c3ccc(OC)cc3)C(=O)C2C)no1. The van der Waals surface area contributed by atoms with E-state index < -0.39 is 6.04 Å². The minimum absolute atomic E-state index is 0.114. The van der Waals surface area contributed by atoms with Gasteiger partial charge in [-0.1, -0.05) is 12.1 Å². The molecule has 1 unspecified atom stereocenters. The zero-order valence-electron chi connectivity index (χ0n) is 16.3. The van der Waals surface area contributed by atoms with Crippen molar-refractivity contribution in [1.29, 1.82) is 0 Å². The standard InChI is InChI=1S/C19H25N5O4/c1-4-17-21-16(22-28-17)9-10-20-19(26)23-11-12-24(18(25)13(23)2)14-5-7-15(27-3)8-6-14/h5-8,13H,4,9-12H2,1-3H3,(H,20,26). The van der Waals surface area contributed by atoms with E-state index >= 15 is 0 Å². The van der Waals surface area contributed by atoms with E-state index in [-0.39, 0.29) is 11.9 Å². The second-order valence-electron chi connectivity index (χ2n) is 6.50. The highest BCUT2D eigenvalue weighted by Crippen LogP contribution is 2.23. The summed E-state index contributed by atoms with van der Waals surface area (Å²) in [6.07, 6.45) is 1.15. The quantitative estimate of drug-likeness (QED) is 0.809. The summed E-state index contributed by atoms with van der Waals surface area (Å²) >= 11 is 0. The molecule has 1 aliphatic heterocycles. The molecule has 1 aliphatic rings. The lowest BCUT2D eigenvalue weighted by Crippen LogP contribution is -2.59. The van der Waals surface area contributed by atoms with E-state index in [1.54, 1.807) is 23.8 Å². The molecule has 9 nitrogen and oxygen atoms in total. The lowest BCUT2D eigenvalue weighted by atomic mass is 10.1. The second kappa shape index (κ2) is 8.73. The van der Waals surface area contributed by atoms with E-state index in [4.69, 9.17) is 9.26 Å². The maximum atomic E-state index is 12.8. The highest BCUT2D eigenvalue weighted by Gasteiger charge is 2.34. The van der Waals surface area contributed by atoms with Gasteiger partial charge in [-0.05, 0) is 31.2 Å². The topological polar surface area (TPSA) is 101 Å². The first-order valence-corrected chi connectivity index (χ1v) is 9.34. The van der Waals surface area contributed by atoms with Crippen LogP contribution < -0.4 is 15.0 Å². The van der Waals surface area contributed by atoms with Gasteiger partial charge >= 0.3 is 6.03 Å². The largest absolute Gasteiger partial charge is 0.497 e. The van der Waals surface area contributed by atoms with Crippen molar-refractivity contribution in [2.45, 2.75) is 32.7 Å². The van der Waals surface area contributed by atoms with Crippen LogP contribution in [0.2, 0.25) is 0 Å². The van der Waals surface area contributed by atoms with Crippen LogP contribution in [-0.4, -0.2) is 59.8 Å². The number of piperazine rings is 1. The summed E-state index contributed by atoms with van der Waals surface area (Å²) in [5, 5.41) is 6.69. The first kappa shape index (κ1) is 19.7. The van der Waals surface area contributed by atoms with E-state index in [1.165, 1.54) is 0 Å². The molecule has 0 spiro atoms. The number of aromatic nitrogens is 2. The number of rotatable bonds is 6. The van der Waals surface area contributed by atoms with Crippen LogP contribution in [0.25, 0.3) is 0 Å². The summed E-state index contributed by atoms with van der Waals surface area (Å²) in [4.78, 5) is 32.7. The average molecular weight is 387 g/mol. The Morgan fingerprint density at radius 2 is 2.07 bits per heavy atom. The number of nitrogens with one attached hydrogen (secondary N) is 1. The number of hydrogen-bond donors (Lipinski definition) is 1. The fraction of sp³-hybridized carbons (Fsp3) is 0.474. The van der Waals surface area contributed by atoms with Crippen LogP contribution in [0.15, 0.2) is 28.8 Å². The maximum Gasteiger partial charge on any atom is 0.318 e. The van der Waals surface area contributed by atoms with Crippen molar-refractivity contribution < 1.29 is 18.8 Å². The molecule has 0 radical (unpaired) electrons. The lowest BCUT2D eigenvalue weighted by Gasteiger charge is -2.39. The molecule has 2 aromatic rings. The van der Waals surface area contributed by atoms with Crippen molar-refractivity contribution in [3.63, 3.8) is 0 Å². The van der Waals surface area contributed by atoms with Gasteiger partial charge in [-0.3, -0.25) is 4.79 Å². The summed E-state index contributed by atoms with van der Waals surface area (Å²) in [6, 6.07) is 6.49. The molecule has 0 aliphatic carbocycles. The second-order valence-corrected chi connectivity index (χ2v) is 6.50. The molecule has 1 N–H and O–H groups in total. The van der Waals surface area contributed by atoms with Crippen molar-refractivity contribution in [2.24, 2.45) is 0 Å². The van der Waals surface area contributed by atoms with Gasteiger partial charge in [0.05, 0.1) is 7.11 Å². The summed E-state index contributed by atoms with van der Waals surface area (Å²) in [5.74, 6) is 1.76. The third kappa shape index (κ3) is 4.24. The molecule has 1 atom stereocenters.